The molecule has 0 unspecified atom stereocenters. The molecule has 1 aromatic carbocycles. The van der Waals surface area contributed by atoms with E-state index >= 15 is 0 Å². The van der Waals surface area contributed by atoms with Crippen molar-refractivity contribution in [1.82, 2.24) is 0 Å². The molecule has 0 N–H and O–H groups in total. The van der Waals surface area contributed by atoms with E-state index in [9.17, 15) is 4.79 Å². The third-order valence-electron chi connectivity index (χ3n) is 3.72. The quantitative estimate of drug-likeness (QED) is 0.701. The van der Waals surface area contributed by atoms with Crippen molar-refractivity contribution in [3.8, 4) is 0 Å². The predicted molar refractivity (Wildman–Crippen MR) is 87.3 cm³/mol. The maximum atomic E-state index is 11.6. The molecule has 0 spiro atoms. The van der Waals surface area contributed by atoms with E-state index in [1.165, 1.54) is 5.56 Å². The summed E-state index contributed by atoms with van der Waals surface area (Å²) < 4.78 is 0. The minimum absolute atomic E-state index is 0.0615. The minimum Gasteiger partial charge on any atom is -0.285 e. The fourth-order valence-corrected chi connectivity index (χ4v) is 2.37. The molecular weight excluding hydrogens is 244 g/mol. The van der Waals surface area contributed by atoms with Crippen LogP contribution >= 0.6 is 0 Å². The van der Waals surface area contributed by atoms with Gasteiger partial charge in [0.25, 0.3) is 0 Å². The van der Waals surface area contributed by atoms with Gasteiger partial charge in [0.15, 0.2) is 0 Å². The predicted octanol–water partition coefficient (Wildman–Crippen LogP) is 5.04. The summed E-state index contributed by atoms with van der Waals surface area (Å²) >= 11 is 0. The summed E-state index contributed by atoms with van der Waals surface area (Å²) in [6, 6.07) is 4.38. The maximum absolute atomic E-state index is 11.6. The Morgan fingerprint density at radius 2 is 1.05 bits per heavy atom. The van der Waals surface area contributed by atoms with Gasteiger partial charge in [0.05, 0.1) is 0 Å². The van der Waals surface area contributed by atoms with Crippen LogP contribution in [0.5, 0.6) is 0 Å². The summed E-state index contributed by atoms with van der Waals surface area (Å²) in [7, 11) is 0. The first-order chi connectivity index (χ1) is 8.78. The molecule has 1 radical (unpaired) electrons. The monoisotopic (exact) mass is 273 g/mol. The highest BCUT2D eigenvalue weighted by atomic mass is 16.1. The number of hydrogen-bond donors (Lipinski definition) is 0. The molecule has 0 aliphatic rings. The van der Waals surface area contributed by atoms with Gasteiger partial charge >= 0.3 is 0 Å². The minimum atomic E-state index is -0.0615. The molecule has 1 rings (SSSR count). The summed E-state index contributed by atoms with van der Waals surface area (Å²) in [6.45, 7) is 19.6. The summed E-state index contributed by atoms with van der Waals surface area (Å²) in [4.78, 5) is 11.6. The van der Waals surface area contributed by atoms with Crippen molar-refractivity contribution in [2.75, 3.05) is 0 Å². The van der Waals surface area contributed by atoms with Crippen LogP contribution in [0.1, 0.15) is 84.6 Å². The van der Waals surface area contributed by atoms with Crippen LogP contribution in [0.25, 0.3) is 0 Å². The standard InChI is InChI=1S/C19H29O/c1-17(2,3)13-10-15(18(4,5)6)14(12-20)16(11-13)19(7,8)9/h10-11H,1-9H3. The molecule has 0 amide bonds. The number of benzene rings is 1. The summed E-state index contributed by atoms with van der Waals surface area (Å²) in [5.41, 5.74) is 4.18. The SMILES string of the molecule is CC(C)(C)c1cc(C(C)(C)C)c([C]=O)c(C(C)(C)C)c1. The summed E-state index contributed by atoms with van der Waals surface area (Å²) in [5, 5.41) is 0. The van der Waals surface area contributed by atoms with Crippen molar-refractivity contribution in [3.05, 3.63) is 34.4 Å². The molecular formula is C19H29O. The first-order valence-corrected chi connectivity index (χ1v) is 7.36. The van der Waals surface area contributed by atoms with Crippen LogP contribution in [0.4, 0.5) is 0 Å². The van der Waals surface area contributed by atoms with E-state index in [1.807, 2.05) is 0 Å². The van der Waals surface area contributed by atoms with E-state index in [4.69, 9.17) is 0 Å². The number of carbonyl (C=O) groups excluding carboxylic acids is 1. The van der Waals surface area contributed by atoms with E-state index in [0.29, 0.717) is 0 Å². The lowest BCUT2D eigenvalue weighted by Gasteiger charge is -2.31. The first kappa shape index (κ1) is 16.9. The van der Waals surface area contributed by atoms with Crippen molar-refractivity contribution < 1.29 is 4.79 Å². The second kappa shape index (κ2) is 5.02. The molecule has 0 fully saturated rings. The van der Waals surface area contributed by atoms with Crippen LogP contribution in [0.2, 0.25) is 0 Å². The second-order valence-electron chi connectivity index (χ2n) is 8.80. The molecule has 0 bridgehead atoms. The molecule has 0 aliphatic carbocycles. The van der Waals surface area contributed by atoms with Gasteiger partial charge < -0.3 is 0 Å². The Bertz CT molecular complexity index is 467. The van der Waals surface area contributed by atoms with Gasteiger partial charge in [0, 0.05) is 5.56 Å². The smallest absolute Gasteiger partial charge is 0.234 e. The van der Waals surface area contributed by atoms with Gasteiger partial charge in [-0.25, -0.2) is 0 Å². The Balaban J connectivity index is 3.80. The van der Waals surface area contributed by atoms with Gasteiger partial charge in [-0.1, -0.05) is 74.4 Å². The van der Waals surface area contributed by atoms with Gasteiger partial charge in [-0.05, 0) is 32.9 Å². The molecule has 0 saturated heterocycles. The lowest BCUT2D eigenvalue weighted by molar-refractivity contribution is 0.534. The fraction of sp³-hybridized carbons (Fsp3) is 0.632. The maximum Gasteiger partial charge on any atom is 0.234 e. The normalized spacial score (nSPS) is 13.4. The van der Waals surface area contributed by atoms with E-state index < -0.39 is 0 Å². The van der Waals surface area contributed by atoms with Crippen molar-refractivity contribution >= 4 is 6.29 Å². The van der Waals surface area contributed by atoms with E-state index in [1.54, 1.807) is 0 Å². The van der Waals surface area contributed by atoms with Gasteiger partial charge in [-0.3, -0.25) is 4.79 Å². The van der Waals surface area contributed by atoms with Crippen LogP contribution in [0.15, 0.2) is 12.1 Å². The molecule has 0 aromatic heterocycles. The molecule has 1 aromatic rings. The van der Waals surface area contributed by atoms with Crippen molar-refractivity contribution in [2.24, 2.45) is 0 Å². The topological polar surface area (TPSA) is 17.1 Å². The highest BCUT2D eigenvalue weighted by molar-refractivity contribution is 5.82. The largest absolute Gasteiger partial charge is 0.285 e. The second-order valence-corrected chi connectivity index (χ2v) is 8.80. The Kier molecular flexibility index (Phi) is 4.25. The van der Waals surface area contributed by atoms with Crippen LogP contribution < -0.4 is 0 Å². The number of rotatable bonds is 1. The first-order valence-electron chi connectivity index (χ1n) is 7.36. The highest BCUT2D eigenvalue weighted by Gasteiger charge is 2.28. The van der Waals surface area contributed by atoms with E-state index in [2.05, 4.69) is 80.7 Å². The van der Waals surface area contributed by atoms with Crippen LogP contribution in [-0.2, 0) is 21.0 Å². The van der Waals surface area contributed by atoms with Crippen LogP contribution in [-0.4, -0.2) is 6.29 Å². The third kappa shape index (κ3) is 3.50. The van der Waals surface area contributed by atoms with Gasteiger partial charge in [-0.2, -0.15) is 0 Å². The van der Waals surface area contributed by atoms with Gasteiger partial charge in [0.1, 0.15) is 0 Å². The number of hydrogen-bond acceptors (Lipinski definition) is 1. The molecule has 0 aliphatic heterocycles. The lowest BCUT2D eigenvalue weighted by Crippen LogP contribution is -2.24. The van der Waals surface area contributed by atoms with Crippen molar-refractivity contribution in [3.63, 3.8) is 0 Å². The zero-order valence-corrected chi connectivity index (χ0v) is 14.6. The van der Waals surface area contributed by atoms with Gasteiger partial charge in [-0.15, -0.1) is 0 Å². The molecule has 0 heterocycles. The molecule has 1 nitrogen and oxygen atoms in total. The zero-order chi connectivity index (χ0) is 15.9. The Hall–Kier alpha value is -1.11. The average Bonchev–Trinajstić information content (AvgIpc) is 2.23. The van der Waals surface area contributed by atoms with E-state index in [-0.39, 0.29) is 16.2 Å². The molecule has 0 atom stereocenters. The summed E-state index contributed by atoms with van der Waals surface area (Å²) in [5.74, 6) is 0. The van der Waals surface area contributed by atoms with Crippen LogP contribution in [0.3, 0.4) is 0 Å². The molecule has 20 heavy (non-hydrogen) atoms. The highest BCUT2D eigenvalue weighted by Crippen LogP contribution is 2.37. The summed E-state index contributed by atoms with van der Waals surface area (Å²) in [6.07, 6.45) is 2.21. The molecule has 0 saturated carbocycles. The van der Waals surface area contributed by atoms with Crippen LogP contribution in [0, 0.1) is 0 Å². The fourth-order valence-electron chi connectivity index (χ4n) is 2.37. The van der Waals surface area contributed by atoms with Crippen molar-refractivity contribution in [1.29, 1.82) is 0 Å². The zero-order valence-electron chi connectivity index (χ0n) is 14.6. The third-order valence-corrected chi connectivity index (χ3v) is 3.72. The van der Waals surface area contributed by atoms with Gasteiger partial charge in [0.2, 0.25) is 6.29 Å². The van der Waals surface area contributed by atoms with Crippen molar-refractivity contribution in [2.45, 2.75) is 78.6 Å². The molecule has 111 valence electrons. The Labute approximate surface area is 124 Å². The Morgan fingerprint density at radius 1 is 0.700 bits per heavy atom. The average molecular weight is 273 g/mol. The lowest BCUT2D eigenvalue weighted by atomic mass is 9.72. The Morgan fingerprint density at radius 3 is 1.25 bits per heavy atom. The van der Waals surface area contributed by atoms with E-state index in [0.717, 1.165) is 16.7 Å². The molecule has 1 heteroatoms.